The minimum Gasteiger partial charge on any atom is -0.545 e. The summed E-state index contributed by atoms with van der Waals surface area (Å²) in [5, 5.41) is 10.5. The highest BCUT2D eigenvalue weighted by atomic mass is 32.3. The molecule has 0 aromatic heterocycles. The van der Waals surface area contributed by atoms with Crippen molar-refractivity contribution in [3.63, 3.8) is 0 Å². The van der Waals surface area contributed by atoms with E-state index in [4.69, 9.17) is 4.55 Å². The first-order valence-corrected chi connectivity index (χ1v) is 7.23. The highest BCUT2D eigenvalue weighted by molar-refractivity contribution is 7.80. The van der Waals surface area contributed by atoms with E-state index in [1.54, 1.807) is 14.1 Å². The van der Waals surface area contributed by atoms with Gasteiger partial charge in [-0.3, -0.25) is 4.55 Å². The summed E-state index contributed by atoms with van der Waals surface area (Å²) >= 11 is 0. The van der Waals surface area contributed by atoms with Gasteiger partial charge in [-0.2, -0.15) is 12.6 Å². The number of carbonyl (C=O) groups is 1. The van der Waals surface area contributed by atoms with Crippen molar-refractivity contribution < 1.29 is 31.5 Å². The number of hydrogen-bond acceptors (Lipinski definition) is 5. The summed E-state index contributed by atoms with van der Waals surface area (Å²) in [6.07, 6.45) is 0.0128. The van der Waals surface area contributed by atoms with Crippen LogP contribution in [0.3, 0.4) is 0 Å². The summed E-state index contributed by atoms with van der Waals surface area (Å²) in [7, 11) is -1.13. The molecule has 0 fully saturated rings. The minimum atomic E-state index is -4.60. The van der Waals surface area contributed by atoms with Gasteiger partial charge in [0.1, 0.15) is 0 Å². The molecular weight excluding hydrogens is 274 g/mol. The Bertz CT molecular complexity index is 428. The van der Waals surface area contributed by atoms with Gasteiger partial charge in [-0.15, -0.1) is 0 Å². The number of carboxylic acid groups (broad SMARTS) is 1. The lowest BCUT2D eigenvalue weighted by molar-refractivity contribution is -0.933. The largest absolute Gasteiger partial charge is 0.545 e. The monoisotopic (exact) mass is 295 g/mol. The summed E-state index contributed by atoms with van der Waals surface area (Å²) in [4.78, 5) is 10.5. The fraction of sp³-hybridized carbons (Fsp3) is 0.727. The molecule has 0 aromatic rings. The third kappa shape index (κ3) is 7.26. The lowest BCUT2D eigenvalue weighted by atomic mass is 10.1. The van der Waals surface area contributed by atoms with E-state index < -0.39 is 22.6 Å². The smallest absolute Gasteiger partial charge is 0.402 e. The molecule has 1 unspecified atom stereocenters. The first kappa shape index (κ1) is 18.0. The van der Waals surface area contributed by atoms with Crippen LogP contribution < -0.4 is 5.11 Å². The summed E-state index contributed by atoms with van der Waals surface area (Å²) < 4.78 is 35.3. The van der Waals surface area contributed by atoms with E-state index in [1.165, 1.54) is 0 Å². The molecule has 0 aliphatic carbocycles. The molecule has 0 radical (unpaired) electrons. The van der Waals surface area contributed by atoms with Crippen LogP contribution in [0.25, 0.3) is 0 Å². The molecule has 1 N–H and O–H groups in total. The SMILES string of the molecule is C=C(CCC(OS(=O)(=O)O)[N+](C)(C)CCC)C(=O)[O-]. The van der Waals surface area contributed by atoms with Crippen LogP contribution in [-0.2, 0) is 19.4 Å². The van der Waals surface area contributed by atoms with Gasteiger partial charge in [0, 0.05) is 6.42 Å². The van der Waals surface area contributed by atoms with Gasteiger partial charge >= 0.3 is 10.4 Å². The van der Waals surface area contributed by atoms with Crippen LogP contribution in [0.4, 0.5) is 0 Å². The van der Waals surface area contributed by atoms with Gasteiger partial charge in [0.25, 0.3) is 0 Å². The van der Waals surface area contributed by atoms with E-state index in [0.29, 0.717) is 6.54 Å². The summed E-state index contributed by atoms with van der Waals surface area (Å²) in [6.45, 7) is 5.84. The molecule has 1 atom stereocenters. The zero-order valence-electron chi connectivity index (χ0n) is 11.5. The van der Waals surface area contributed by atoms with Crippen LogP contribution in [0.5, 0.6) is 0 Å². The van der Waals surface area contributed by atoms with Crippen molar-refractivity contribution in [1.82, 2.24) is 0 Å². The van der Waals surface area contributed by atoms with Crippen LogP contribution in [-0.4, -0.2) is 50.3 Å². The summed E-state index contributed by atoms with van der Waals surface area (Å²) in [6, 6.07) is 0. The fourth-order valence-corrected chi connectivity index (χ4v) is 2.38. The summed E-state index contributed by atoms with van der Waals surface area (Å²) in [5.74, 6) is -1.38. The van der Waals surface area contributed by atoms with E-state index >= 15 is 0 Å². The van der Waals surface area contributed by atoms with Crippen LogP contribution in [0.2, 0.25) is 0 Å². The van der Waals surface area contributed by atoms with Gasteiger partial charge < -0.3 is 14.4 Å². The van der Waals surface area contributed by atoms with Crippen molar-refractivity contribution in [2.45, 2.75) is 32.4 Å². The zero-order chi connectivity index (χ0) is 15.3. The average molecular weight is 295 g/mol. The van der Waals surface area contributed by atoms with Crippen LogP contribution in [0.15, 0.2) is 12.2 Å². The Labute approximate surface area is 114 Å². The normalized spacial score (nSPS) is 14.1. The lowest BCUT2D eigenvalue weighted by Crippen LogP contribution is -2.51. The maximum absolute atomic E-state index is 10.8. The van der Waals surface area contributed by atoms with Crippen LogP contribution >= 0.6 is 0 Å². The zero-order valence-corrected chi connectivity index (χ0v) is 12.3. The van der Waals surface area contributed by atoms with E-state index in [2.05, 4.69) is 10.8 Å². The summed E-state index contributed by atoms with van der Waals surface area (Å²) in [5.41, 5.74) is -0.138. The molecule has 0 saturated heterocycles. The fourth-order valence-electron chi connectivity index (χ4n) is 1.77. The second-order valence-corrected chi connectivity index (χ2v) is 5.96. The molecule has 0 rings (SSSR count). The van der Waals surface area contributed by atoms with Crippen LogP contribution in [0.1, 0.15) is 26.2 Å². The third-order valence-corrected chi connectivity index (χ3v) is 3.26. The second-order valence-electron chi connectivity index (χ2n) is 4.91. The Morgan fingerprint density at radius 2 is 2.00 bits per heavy atom. The number of rotatable bonds is 9. The Balaban J connectivity index is 4.87. The maximum Gasteiger partial charge on any atom is 0.402 e. The molecule has 0 heterocycles. The quantitative estimate of drug-likeness (QED) is 0.271. The number of nitrogens with zero attached hydrogens (tertiary/aromatic N) is 1. The average Bonchev–Trinajstić information content (AvgIpc) is 2.21. The molecule has 0 amide bonds. The Kier molecular flexibility index (Phi) is 6.64. The first-order valence-electron chi connectivity index (χ1n) is 5.87. The first-order chi connectivity index (χ1) is 8.49. The van der Waals surface area contributed by atoms with Crippen molar-refractivity contribution in [2.75, 3.05) is 20.6 Å². The molecule has 0 bridgehead atoms. The predicted octanol–water partition coefficient (Wildman–Crippen LogP) is -0.295. The Morgan fingerprint density at radius 3 is 2.37 bits per heavy atom. The molecule has 19 heavy (non-hydrogen) atoms. The Morgan fingerprint density at radius 1 is 1.47 bits per heavy atom. The molecular formula is C11H21NO6S. The third-order valence-electron chi connectivity index (χ3n) is 2.79. The molecule has 8 heteroatoms. The minimum absolute atomic E-state index is 0.0217. The van der Waals surface area contributed by atoms with Crippen molar-refractivity contribution in [1.29, 1.82) is 0 Å². The molecule has 0 saturated carbocycles. The Hall–Kier alpha value is -0.960. The van der Waals surface area contributed by atoms with Crippen molar-refractivity contribution in [3.8, 4) is 0 Å². The van der Waals surface area contributed by atoms with E-state index in [1.807, 2.05) is 6.92 Å². The predicted molar refractivity (Wildman–Crippen MR) is 67.1 cm³/mol. The lowest BCUT2D eigenvalue weighted by Gasteiger charge is -2.36. The topological polar surface area (TPSA) is 104 Å². The molecule has 0 aliphatic rings. The molecule has 112 valence electrons. The maximum atomic E-state index is 10.8. The number of quaternary nitrogens is 1. The van der Waals surface area contributed by atoms with Crippen molar-refractivity contribution in [3.05, 3.63) is 12.2 Å². The molecule has 0 aliphatic heterocycles. The second kappa shape index (κ2) is 6.99. The van der Waals surface area contributed by atoms with Gasteiger partial charge in [0.15, 0.2) is 0 Å². The highest BCUT2D eigenvalue weighted by Gasteiger charge is 2.32. The van der Waals surface area contributed by atoms with Gasteiger partial charge in [0.05, 0.1) is 26.6 Å². The highest BCUT2D eigenvalue weighted by Crippen LogP contribution is 2.19. The van der Waals surface area contributed by atoms with Crippen LogP contribution in [0, 0.1) is 0 Å². The molecule has 0 spiro atoms. The van der Waals surface area contributed by atoms with E-state index in [9.17, 15) is 18.3 Å². The van der Waals surface area contributed by atoms with Crippen molar-refractivity contribution in [2.24, 2.45) is 0 Å². The van der Waals surface area contributed by atoms with E-state index in [0.717, 1.165) is 6.42 Å². The number of carbonyl (C=O) groups excluding carboxylic acids is 1. The number of hydrogen-bond donors (Lipinski definition) is 1. The number of aliphatic carboxylic acids is 1. The van der Waals surface area contributed by atoms with Gasteiger partial charge in [-0.25, -0.2) is 0 Å². The molecule has 0 aromatic carbocycles. The van der Waals surface area contributed by atoms with Gasteiger partial charge in [-0.1, -0.05) is 13.5 Å². The van der Waals surface area contributed by atoms with Crippen molar-refractivity contribution >= 4 is 16.4 Å². The van der Waals surface area contributed by atoms with Gasteiger partial charge in [0.2, 0.25) is 6.23 Å². The van der Waals surface area contributed by atoms with E-state index in [-0.39, 0.29) is 22.9 Å². The number of carboxylic acids is 1. The standard InChI is InChI=1S/C11H21NO6S/c1-5-8-12(3,4)10(18-19(15,16)17)7-6-9(2)11(13)14/h10H,2,5-8H2,1,3-4H3,(H-,13,14,15,16,17). The van der Waals surface area contributed by atoms with Gasteiger partial charge in [-0.05, 0) is 18.4 Å². The molecule has 7 nitrogen and oxygen atoms in total.